The van der Waals surface area contributed by atoms with Crippen molar-refractivity contribution in [1.82, 2.24) is 25.0 Å². The quantitative estimate of drug-likeness (QED) is 0.382. The Morgan fingerprint density at radius 3 is 2.64 bits per heavy atom. The van der Waals surface area contributed by atoms with Crippen LogP contribution in [0.4, 0.5) is 0 Å². The fraction of sp³-hybridized carbons (Fsp3) is 0.529. The summed E-state index contributed by atoms with van der Waals surface area (Å²) in [6.07, 6.45) is 1.59. The van der Waals surface area contributed by atoms with E-state index in [9.17, 15) is 8.42 Å². The molecule has 0 aliphatic carbocycles. The van der Waals surface area contributed by atoms with Crippen LogP contribution in [0.5, 0.6) is 0 Å². The molecule has 1 aliphatic heterocycles. The minimum Gasteiger partial charge on any atom is -0.364 e. The fourth-order valence-electron chi connectivity index (χ4n) is 2.99. The smallest absolute Gasteiger partial charge is 0.250 e. The van der Waals surface area contributed by atoms with Gasteiger partial charge in [0, 0.05) is 63.8 Å². The molecule has 3 rings (SSSR count). The molecule has 11 heteroatoms. The van der Waals surface area contributed by atoms with Crippen LogP contribution in [-0.2, 0) is 16.6 Å². The number of nitrogens with one attached hydrogen (secondary N) is 2. The zero-order valence-electron chi connectivity index (χ0n) is 16.1. The van der Waals surface area contributed by atoms with Gasteiger partial charge in [-0.05, 0) is 19.1 Å². The highest BCUT2D eigenvalue weighted by atomic mass is 32.2. The maximum Gasteiger partial charge on any atom is 0.250 e. The number of piperazine rings is 1. The first-order valence-electron chi connectivity index (χ1n) is 9.11. The highest BCUT2D eigenvalue weighted by molar-refractivity contribution is 7.91. The van der Waals surface area contributed by atoms with Crippen molar-refractivity contribution in [1.29, 1.82) is 0 Å². The lowest BCUT2D eigenvalue weighted by Crippen LogP contribution is -2.53. The van der Waals surface area contributed by atoms with E-state index in [1.807, 2.05) is 19.1 Å². The second kappa shape index (κ2) is 9.50. The van der Waals surface area contributed by atoms with E-state index in [1.54, 1.807) is 19.4 Å². The molecule has 0 bridgehead atoms. The summed E-state index contributed by atoms with van der Waals surface area (Å²) in [6.45, 7) is 6.92. The molecule has 0 saturated carbocycles. The summed E-state index contributed by atoms with van der Waals surface area (Å²) >= 11 is 1.27. The summed E-state index contributed by atoms with van der Waals surface area (Å²) in [5, 5.41) is 7.19. The molecule has 28 heavy (non-hydrogen) atoms. The highest BCUT2D eigenvalue weighted by Crippen LogP contribution is 2.19. The third-order valence-electron chi connectivity index (χ3n) is 4.44. The molecule has 3 heterocycles. The Kier molecular flexibility index (Phi) is 7.05. The zero-order chi connectivity index (χ0) is 20.0. The van der Waals surface area contributed by atoms with Crippen molar-refractivity contribution in [2.45, 2.75) is 17.7 Å². The highest BCUT2D eigenvalue weighted by Gasteiger charge is 2.20. The van der Waals surface area contributed by atoms with Crippen LogP contribution in [0.15, 0.2) is 38.2 Å². The summed E-state index contributed by atoms with van der Waals surface area (Å²) in [7, 11) is -1.71. The summed E-state index contributed by atoms with van der Waals surface area (Å²) in [5.41, 5.74) is 0.934. The summed E-state index contributed by atoms with van der Waals surface area (Å²) in [6, 6.07) is 5.32. The largest absolute Gasteiger partial charge is 0.364 e. The van der Waals surface area contributed by atoms with E-state index in [0.29, 0.717) is 17.3 Å². The van der Waals surface area contributed by atoms with E-state index < -0.39 is 10.0 Å². The number of nitrogens with zero attached hydrogens (tertiary/aromatic N) is 4. The van der Waals surface area contributed by atoms with Crippen LogP contribution in [0, 0.1) is 6.92 Å². The van der Waals surface area contributed by atoms with Gasteiger partial charge in [0.05, 0.1) is 5.69 Å². The molecule has 2 aromatic rings. The Balaban J connectivity index is 1.40. The molecule has 0 amide bonds. The fourth-order valence-corrected chi connectivity index (χ4v) is 5.35. The Hall–Kier alpha value is -1.95. The molecule has 1 aliphatic rings. The van der Waals surface area contributed by atoms with Crippen LogP contribution in [0.2, 0.25) is 0 Å². The molecule has 154 valence electrons. The third kappa shape index (κ3) is 5.53. The van der Waals surface area contributed by atoms with Crippen molar-refractivity contribution in [2.75, 3.05) is 46.3 Å². The number of thiophene rings is 1. The molecule has 1 fully saturated rings. The van der Waals surface area contributed by atoms with Crippen molar-refractivity contribution in [2.24, 2.45) is 4.99 Å². The van der Waals surface area contributed by atoms with Crippen molar-refractivity contribution < 1.29 is 12.9 Å². The van der Waals surface area contributed by atoms with Gasteiger partial charge in [-0.15, -0.1) is 11.3 Å². The molecule has 1 saturated heterocycles. The maximum absolute atomic E-state index is 12.2. The van der Waals surface area contributed by atoms with E-state index in [2.05, 4.69) is 30.0 Å². The summed E-state index contributed by atoms with van der Waals surface area (Å²) in [4.78, 5) is 9.79. The van der Waals surface area contributed by atoms with Crippen molar-refractivity contribution in [3.05, 3.63) is 35.0 Å². The Labute approximate surface area is 169 Å². The predicted octanol–water partition coefficient (Wildman–Crippen LogP) is 0.716. The number of rotatable bonds is 7. The molecular formula is C17H26N6O3S2. The van der Waals surface area contributed by atoms with E-state index in [-0.39, 0.29) is 0 Å². The van der Waals surface area contributed by atoms with Gasteiger partial charge >= 0.3 is 0 Å². The van der Waals surface area contributed by atoms with Gasteiger partial charge in [-0.3, -0.25) is 9.89 Å². The van der Waals surface area contributed by atoms with Crippen LogP contribution in [0.3, 0.4) is 0 Å². The first-order chi connectivity index (χ1) is 13.5. The van der Waals surface area contributed by atoms with Crippen LogP contribution in [0.1, 0.15) is 10.6 Å². The lowest BCUT2D eigenvalue weighted by atomic mass is 10.3. The second-order valence-electron chi connectivity index (χ2n) is 6.49. The number of sulfonamides is 1. The molecule has 0 atom stereocenters. The first-order valence-corrected chi connectivity index (χ1v) is 11.4. The average Bonchev–Trinajstić information content (AvgIpc) is 3.35. The number of aliphatic imine (C=N–C) groups is 1. The van der Waals surface area contributed by atoms with Crippen LogP contribution >= 0.6 is 11.3 Å². The van der Waals surface area contributed by atoms with Gasteiger partial charge in [-0.1, -0.05) is 5.16 Å². The minimum atomic E-state index is -3.45. The molecular weight excluding hydrogens is 400 g/mol. The standard InChI is InChI=1S/C17H26N6O3S2/c1-14-3-4-16(27-14)28(24,25)20-7-6-19-17(18-2)23-10-8-22(9-11-23)13-15-5-12-26-21-15/h3-5,12,20H,6-11,13H2,1-2H3,(H,18,19). The van der Waals surface area contributed by atoms with Gasteiger partial charge in [-0.25, -0.2) is 13.1 Å². The lowest BCUT2D eigenvalue weighted by molar-refractivity contribution is 0.169. The van der Waals surface area contributed by atoms with Gasteiger partial charge in [0.2, 0.25) is 10.0 Å². The molecule has 0 aromatic carbocycles. The van der Waals surface area contributed by atoms with Crippen LogP contribution in [0.25, 0.3) is 0 Å². The molecule has 0 spiro atoms. The number of hydrogen-bond acceptors (Lipinski definition) is 7. The topological polar surface area (TPSA) is 103 Å². The van der Waals surface area contributed by atoms with Crippen molar-refractivity contribution in [3.63, 3.8) is 0 Å². The van der Waals surface area contributed by atoms with Gasteiger partial charge in [0.25, 0.3) is 0 Å². The Morgan fingerprint density at radius 1 is 1.25 bits per heavy atom. The predicted molar refractivity (Wildman–Crippen MR) is 109 cm³/mol. The van der Waals surface area contributed by atoms with Gasteiger partial charge < -0.3 is 14.7 Å². The average molecular weight is 427 g/mol. The van der Waals surface area contributed by atoms with E-state index >= 15 is 0 Å². The molecule has 2 aromatic heterocycles. The van der Waals surface area contributed by atoms with E-state index in [0.717, 1.165) is 49.3 Å². The molecule has 0 unspecified atom stereocenters. The Morgan fingerprint density at radius 2 is 2.04 bits per heavy atom. The minimum absolute atomic E-state index is 0.296. The number of hydrogen-bond donors (Lipinski definition) is 2. The zero-order valence-corrected chi connectivity index (χ0v) is 17.7. The van der Waals surface area contributed by atoms with Gasteiger partial charge in [-0.2, -0.15) is 0 Å². The number of guanidine groups is 1. The van der Waals surface area contributed by atoms with E-state index in [4.69, 9.17) is 4.52 Å². The van der Waals surface area contributed by atoms with Crippen molar-refractivity contribution >= 4 is 27.3 Å². The SMILES string of the molecule is CN=C(NCCNS(=O)(=O)c1ccc(C)s1)N1CCN(Cc2ccon2)CC1. The summed E-state index contributed by atoms with van der Waals surface area (Å²) < 4.78 is 32.3. The molecule has 9 nitrogen and oxygen atoms in total. The molecule has 2 N–H and O–H groups in total. The normalized spacial score (nSPS) is 16.5. The number of aryl methyl sites for hydroxylation is 1. The lowest BCUT2D eigenvalue weighted by Gasteiger charge is -2.36. The maximum atomic E-state index is 12.2. The van der Waals surface area contributed by atoms with Crippen molar-refractivity contribution in [3.8, 4) is 0 Å². The van der Waals surface area contributed by atoms with Gasteiger partial charge in [0.15, 0.2) is 5.96 Å². The summed E-state index contributed by atoms with van der Waals surface area (Å²) in [5.74, 6) is 0.784. The van der Waals surface area contributed by atoms with E-state index in [1.165, 1.54) is 11.3 Å². The van der Waals surface area contributed by atoms with Crippen LogP contribution in [-0.4, -0.2) is 75.7 Å². The number of aromatic nitrogens is 1. The van der Waals surface area contributed by atoms with Gasteiger partial charge in [0.1, 0.15) is 10.5 Å². The monoisotopic (exact) mass is 426 g/mol. The van der Waals surface area contributed by atoms with Crippen LogP contribution < -0.4 is 10.0 Å². The third-order valence-corrected chi connectivity index (χ3v) is 7.39. The molecule has 0 radical (unpaired) electrons. The second-order valence-corrected chi connectivity index (χ2v) is 9.77. The first kappa shape index (κ1) is 20.8. The Bertz CT molecular complexity index is 871.